The van der Waals surface area contributed by atoms with Crippen molar-refractivity contribution in [2.75, 3.05) is 0 Å². The first kappa shape index (κ1) is 15.9. The van der Waals surface area contributed by atoms with E-state index in [-0.39, 0.29) is 0 Å². The first-order valence-electron chi connectivity index (χ1n) is 7.53. The van der Waals surface area contributed by atoms with Crippen molar-refractivity contribution < 1.29 is 4.79 Å². The highest BCUT2D eigenvalue weighted by Gasteiger charge is 2.05. The molecule has 1 aromatic heterocycles. The minimum Gasteiger partial charge on any atom is -0.300 e. The van der Waals surface area contributed by atoms with E-state index in [2.05, 4.69) is 39.0 Å². The molecule has 0 aromatic carbocycles. The van der Waals surface area contributed by atoms with Crippen molar-refractivity contribution in [2.45, 2.75) is 72.3 Å². The van der Waals surface area contributed by atoms with E-state index in [0.29, 0.717) is 24.0 Å². The molecule has 3 nitrogen and oxygen atoms in total. The molecule has 1 aromatic rings. The molecule has 0 radical (unpaired) electrons. The van der Waals surface area contributed by atoms with E-state index in [9.17, 15) is 4.79 Å². The largest absolute Gasteiger partial charge is 0.300 e. The second-order valence-electron chi connectivity index (χ2n) is 6.12. The molecular formula is C16H28N2O. The SMILES string of the molecule is CC(C)CCCC(=O)CCCn1cc(C(C)C)cn1. The molecule has 3 heteroatoms. The van der Waals surface area contributed by atoms with Gasteiger partial charge in [-0.05, 0) is 30.2 Å². The molecule has 0 saturated heterocycles. The van der Waals surface area contributed by atoms with Crippen LogP contribution in [0.3, 0.4) is 0 Å². The predicted octanol–water partition coefficient (Wildman–Crippen LogP) is 4.18. The first-order chi connectivity index (χ1) is 8.99. The summed E-state index contributed by atoms with van der Waals surface area (Å²) in [6, 6.07) is 0. The molecule has 1 heterocycles. The van der Waals surface area contributed by atoms with E-state index < -0.39 is 0 Å². The highest BCUT2D eigenvalue weighted by molar-refractivity contribution is 5.78. The Kier molecular flexibility index (Phi) is 6.82. The third kappa shape index (κ3) is 6.55. The van der Waals surface area contributed by atoms with Gasteiger partial charge in [0.15, 0.2) is 0 Å². The maximum absolute atomic E-state index is 11.7. The van der Waals surface area contributed by atoms with E-state index in [1.165, 1.54) is 5.56 Å². The summed E-state index contributed by atoms with van der Waals surface area (Å²) in [5.41, 5.74) is 1.27. The lowest BCUT2D eigenvalue weighted by Gasteiger charge is -2.04. The molecule has 0 atom stereocenters. The van der Waals surface area contributed by atoms with Crippen molar-refractivity contribution in [3.63, 3.8) is 0 Å². The van der Waals surface area contributed by atoms with E-state index in [0.717, 1.165) is 32.2 Å². The lowest BCUT2D eigenvalue weighted by Crippen LogP contribution is -2.04. The zero-order valence-corrected chi connectivity index (χ0v) is 12.9. The van der Waals surface area contributed by atoms with Gasteiger partial charge in [-0.3, -0.25) is 9.48 Å². The summed E-state index contributed by atoms with van der Waals surface area (Å²) < 4.78 is 1.96. The Hall–Kier alpha value is -1.12. The number of nitrogens with zero attached hydrogens (tertiary/aromatic N) is 2. The van der Waals surface area contributed by atoms with E-state index in [4.69, 9.17) is 0 Å². The Morgan fingerprint density at radius 1 is 1.21 bits per heavy atom. The molecule has 0 aliphatic carbocycles. The van der Waals surface area contributed by atoms with Crippen LogP contribution in [0.1, 0.15) is 71.3 Å². The third-order valence-electron chi connectivity index (χ3n) is 3.40. The van der Waals surface area contributed by atoms with Crippen molar-refractivity contribution in [3.05, 3.63) is 18.0 Å². The van der Waals surface area contributed by atoms with Crippen LogP contribution in [0.4, 0.5) is 0 Å². The van der Waals surface area contributed by atoms with Crippen LogP contribution in [-0.2, 0) is 11.3 Å². The lowest BCUT2D eigenvalue weighted by molar-refractivity contribution is -0.119. The maximum atomic E-state index is 11.7. The number of aromatic nitrogens is 2. The average Bonchev–Trinajstić information content (AvgIpc) is 2.77. The molecular weight excluding hydrogens is 236 g/mol. The molecule has 0 spiro atoms. The minimum absolute atomic E-state index is 0.400. The van der Waals surface area contributed by atoms with Gasteiger partial charge in [-0.25, -0.2) is 0 Å². The Morgan fingerprint density at radius 2 is 1.89 bits per heavy atom. The van der Waals surface area contributed by atoms with Gasteiger partial charge in [0.1, 0.15) is 5.78 Å². The summed E-state index contributed by atoms with van der Waals surface area (Å²) in [4.78, 5) is 11.7. The fraction of sp³-hybridized carbons (Fsp3) is 0.750. The zero-order chi connectivity index (χ0) is 14.3. The number of carbonyl (C=O) groups excluding carboxylic acids is 1. The molecule has 1 rings (SSSR count). The summed E-state index contributed by atoms with van der Waals surface area (Å²) in [5, 5.41) is 4.33. The molecule has 19 heavy (non-hydrogen) atoms. The van der Waals surface area contributed by atoms with Gasteiger partial charge < -0.3 is 0 Å². The second kappa shape index (κ2) is 8.13. The molecule has 0 fully saturated rings. The van der Waals surface area contributed by atoms with Gasteiger partial charge in [0.2, 0.25) is 0 Å². The van der Waals surface area contributed by atoms with E-state index in [1.807, 2.05) is 10.9 Å². The van der Waals surface area contributed by atoms with Gasteiger partial charge in [-0.15, -0.1) is 0 Å². The molecule has 0 amide bonds. The van der Waals surface area contributed by atoms with Gasteiger partial charge in [-0.1, -0.05) is 34.1 Å². The number of hydrogen-bond donors (Lipinski definition) is 0. The molecule has 0 aliphatic heterocycles. The van der Waals surface area contributed by atoms with Crippen molar-refractivity contribution in [3.8, 4) is 0 Å². The van der Waals surface area contributed by atoms with Gasteiger partial charge >= 0.3 is 0 Å². The van der Waals surface area contributed by atoms with E-state index >= 15 is 0 Å². The van der Waals surface area contributed by atoms with Crippen LogP contribution in [0, 0.1) is 5.92 Å². The number of ketones is 1. The van der Waals surface area contributed by atoms with Crippen LogP contribution < -0.4 is 0 Å². The molecule has 108 valence electrons. The van der Waals surface area contributed by atoms with Crippen molar-refractivity contribution in [2.24, 2.45) is 5.92 Å². The topological polar surface area (TPSA) is 34.9 Å². The number of rotatable bonds is 9. The average molecular weight is 264 g/mol. The van der Waals surface area contributed by atoms with Crippen molar-refractivity contribution in [1.29, 1.82) is 0 Å². The normalized spacial score (nSPS) is 11.5. The maximum Gasteiger partial charge on any atom is 0.132 e. The molecule has 0 saturated carbocycles. The Labute approximate surface area is 117 Å². The van der Waals surface area contributed by atoms with E-state index in [1.54, 1.807) is 0 Å². The Morgan fingerprint density at radius 3 is 2.47 bits per heavy atom. The minimum atomic E-state index is 0.400. The Bertz CT molecular complexity index is 380. The Balaban J connectivity index is 2.17. The van der Waals surface area contributed by atoms with Gasteiger partial charge in [0.05, 0.1) is 6.20 Å². The zero-order valence-electron chi connectivity index (χ0n) is 12.9. The monoisotopic (exact) mass is 264 g/mol. The van der Waals surface area contributed by atoms with Gasteiger partial charge in [0, 0.05) is 25.6 Å². The molecule has 0 unspecified atom stereocenters. The smallest absolute Gasteiger partial charge is 0.132 e. The summed E-state index contributed by atoms with van der Waals surface area (Å²) in [6.07, 6.45) is 8.55. The van der Waals surface area contributed by atoms with Gasteiger partial charge in [-0.2, -0.15) is 5.10 Å². The predicted molar refractivity (Wildman–Crippen MR) is 79.2 cm³/mol. The number of Topliss-reactive ketones (excluding diaryl/α,β-unsaturated/α-hetero) is 1. The highest BCUT2D eigenvalue weighted by atomic mass is 16.1. The standard InChI is InChI=1S/C16H28N2O/c1-13(2)7-5-8-16(19)9-6-10-18-12-15(11-17-18)14(3)4/h11-14H,5-10H2,1-4H3. The third-order valence-corrected chi connectivity index (χ3v) is 3.40. The van der Waals surface area contributed by atoms with Crippen LogP contribution in [0.15, 0.2) is 12.4 Å². The number of carbonyl (C=O) groups is 1. The quantitative estimate of drug-likeness (QED) is 0.670. The summed E-state index contributed by atoms with van der Waals surface area (Å²) in [7, 11) is 0. The lowest BCUT2D eigenvalue weighted by atomic mass is 10.0. The summed E-state index contributed by atoms with van der Waals surface area (Å²) >= 11 is 0. The van der Waals surface area contributed by atoms with Crippen LogP contribution in [-0.4, -0.2) is 15.6 Å². The fourth-order valence-corrected chi connectivity index (χ4v) is 2.07. The van der Waals surface area contributed by atoms with Crippen LogP contribution in [0.5, 0.6) is 0 Å². The fourth-order valence-electron chi connectivity index (χ4n) is 2.07. The van der Waals surface area contributed by atoms with Crippen LogP contribution in [0.2, 0.25) is 0 Å². The highest BCUT2D eigenvalue weighted by Crippen LogP contribution is 2.13. The first-order valence-corrected chi connectivity index (χ1v) is 7.53. The van der Waals surface area contributed by atoms with Crippen LogP contribution in [0.25, 0.3) is 0 Å². The molecule has 0 N–H and O–H groups in total. The van der Waals surface area contributed by atoms with Gasteiger partial charge in [0.25, 0.3) is 0 Å². The van der Waals surface area contributed by atoms with Crippen molar-refractivity contribution >= 4 is 5.78 Å². The molecule has 0 aliphatic rings. The van der Waals surface area contributed by atoms with Crippen molar-refractivity contribution in [1.82, 2.24) is 9.78 Å². The number of aryl methyl sites for hydroxylation is 1. The summed E-state index contributed by atoms with van der Waals surface area (Å²) in [5.74, 6) is 1.62. The molecule has 0 bridgehead atoms. The number of hydrogen-bond acceptors (Lipinski definition) is 2. The second-order valence-corrected chi connectivity index (χ2v) is 6.12. The van der Waals surface area contributed by atoms with Crippen LogP contribution >= 0.6 is 0 Å². The summed E-state index contributed by atoms with van der Waals surface area (Å²) in [6.45, 7) is 9.59.